The number of carbonyl (C=O) groups is 1. The summed E-state index contributed by atoms with van der Waals surface area (Å²) in [6.45, 7) is 2.71. The zero-order valence-corrected chi connectivity index (χ0v) is 19.2. The van der Waals surface area contributed by atoms with Gasteiger partial charge in [0.15, 0.2) is 0 Å². The van der Waals surface area contributed by atoms with Crippen molar-refractivity contribution in [2.24, 2.45) is 0 Å². The summed E-state index contributed by atoms with van der Waals surface area (Å²) < 4.78 is 24.8. The minimum atomic E-state index is -0.332. The summed E-state index contributed by atoms with van der Waals surface area (Å²) in [5.74, 6) is 1.78. The Morgan fingerprint density at radius 3 is 2.53 bits per heavy atom. The van der Waals surface area contributed by atoms with Gasteiger partial charge in [0.05, 0.1) is 24.9 Å². The lowest BCUT2D eigenvalue weighted by Gasteiger charge is -2.32. The molecule has 34 heavy (non-hydrogen) atoms. The molecule has 2 aliphatic rings. The van der Waals surface area contributed by atoms with Gasteiger partial charge in [0.25, 0.3) is 5.91 Å². The van der Waals surface area contributed by atoms with Crippen LogP contribution in [0.25, 0.3) is 0 Å². The van der Waals surface area contributed by atoms with Gasteiger partial charge in [-0.3, -0.25) is 4.79 Å². The van der Waals surface area contributed by atoms with Crippen molar-refractivity contribution in [1.29, 1.82) is 0 Å². The van der Waals surface area contributed by atoms with Crippen molar-refractivity contribution in [2.75, 3.05) is 31.6 Å². The maximum Gasteiger partial charge on any atom is 0.254 e. The van der Waals surface area contributed by atoms with Gasteiger partial charge >= 0.3 is 0 Å². The lowest BCUT2D eigenvalue weighted by molar-refractivity contribution is 0.0731. The van der Waals surface area contributed by atoms with E-state index in [4.69, 9.17) is 19.4 Å². The number of anilines is 1. The molecule has 5 rings (SSSR count). The van der Waals surface area contributed by atoms with E-state index in [0.717, 1.165) is 37.2 Å². The first-order chi connectivity index (χ1) is 16.6. The Labute approximate surface area is 198 Å². The molecule has 0 unspecified atom stereocenters. The third-order valence-corrected chi connectivity index (χ3v) is 6.28. The molecule has 3 aromatic rings. The molecule has 0 atom stereocenters. The molecule has 0 N–H and O–H groups in total. The summed E-state index contributed by atoms with van der Waals surface area (Å²) in [5.41, 5.74) is 2.24. The van der Waals surface area contributed by atoms with E-state index in [1.54, 1.807) is 42.3 Å². The second-order valence-corrected chi connectivity index (χ2v) is 8.57. The first-order valence-electron chi connectivity index (χ1n) is 11.6. The number of methoxy groups -OCH3 is 1. The van der Waals surface area contributed by atoms with Crippen molar-refractivity contribution >= 4 is 11.9 Å². The molecule has 1 amide bonds. The van der Waals surface area contributed by atoms with E-state index in [-0.39, 0.29) is 11.7 Å². The van der Waals surface area contributed by atoms with Gasteiger partial charge in [-0.15, -0.1) is 0 Å². The maximum absolute atomic E-state index is 13.4. The van der Waals surface area contributed by atoms with Gasteiger partial charge in [-0.25, -0.2) is 9.37 Å². The van der Waals surface area contributed by atoms with Crippen LogP contribution in [-0.4, -0.2) is 47.5 Å². The first kappa shape index (κ1) is 22.1. The summed E-state index contributed by atoms with van der Waals surface area (Å²) >= 11 is 0. The quantitative estimate of drug-likeness (QED) is 0.552. The molecule has 176 valence electrons. The van der Waals surface area contributed by atoms with Crippen molar-refractivity contribution in [1.82, 2.24) is 14.9 Å². The van der Waals surface area contributed by atoms with Crippen LogP contribution in [0.4, 0.5) is 10.3 Å². The van der Waals surface area contributed by atoms with Crippen LogP contribution in [0.1, 0.15) is 40.9 Å². The van der Waals surface area contributed by atoms with E-state index in [1.807, 2.05) is 6.07 Å². The van der Waals surface area contributed by atoms with Gasteiger partial charge in [0, 0.05) is 31.6 Å². The Morgan fingerprint density at radius 2 is 1.76 bits per heavy atom. The van der Waals surface area contributed by atoms with Crippen molar-refractivity contribution in [3.05, 3.63) is 71.2 Å². The van der Waals surface area contributed by atoms with Gasteiger partial charge in [0.1, 0.15) is 17.3 Å². The Kier molecular flexibility index (Phi) is 6.29. The number of amides is 1. The highest BCUT2D eigenvalue weighted by Gasteiger charge is 2.29. The van der Waals surface area contributed by atoms with Crippen LogP contribution in [0.3, 0.4) is 0 Å². The fourth-order valence-electron chi connectivity index (χ4n) is 4.42. The maximum atomic E-state index is 13.4. The second-order valence-electron chi connectivity index (χ2n) is 8.57. The number of halogens is 1. The number of aromatic nitrogens is 2. The molecule has 2 aliphatic heterocycles. The van der Waals surface area contributed by atoms with Gasteiger partial charge in [-0.05, 0) is 61.7 Å². The molecular weight excluding hydrogens is 435 g/mol. The summed E-state index contributed by atoms with van der Waals surface area (Å²) in [7, 11) is 1.58. The monoisotopic (exact) mass is 462 g/mol. The van der Waals surface area contributed by atoms with Crippen LogP contribution in [0.2, 0.25) is 0 Å². The van der Waals surface area contributed by atoms with Gasteiger partial charge in [-0.1, -0.05) is 6.07 Å². The molecule has 1 fully saturated rings. The molecule has 0 spiro atoms. The Balaban J connectivity index is 1.47. The number of piperidine rings is 1. The van der Waals surface area contributed by atoms with Crippen molar-refractivity contribution in [3.8, 4) is 17.4 Å². The Hall–Kier alpha value is -3.68. The first-order valence-corrected chi connectivity index (χ1v) is 11.6. The fraction of sp³-hybridized carbons (Fsp3) is 0.346. The highest BCUT2D eigenvalue weighted by atomic mass is 19.1. The molecule has 0 radical (unpaired) electrons. The molecule has 2 aromatic carbocycles. The second kappa shape index (κ2) is 9.67. The van der Waals surface area contributed by atoms with Crippen LogP contribution in [0.15, 0.2) is 48.5 Å². The highest BCUT2D eigenvalue weighted by molar-refractivity contribution is 5.94. The lowest BCUT2D eigenvalue weighted by atomic mass is 10.0. The number of fused-ring (bicyclic) bond motifs is 1. The number of nitrogens with zero attached hydrogens (tertiary/aromatic N) is 4. The number of carbonyl (C=O) groups excluding carboxylic acids is 1. The SMILES string of the molecule is COc1cccc(C(=O)N2CCc3nc(N4CCCCC4)nc(Oc4ccc(F)cc4)c3C2)c1. The topological polar surface area (TPSA) is 67.8 Å². The molecule has 1 aromatic heterocycles. The molecule has 3 heterocycles. The third kappa shape index (κ3) is 4.66. The Morgan fingerprint density at radius 1 is 0.971 bits per heavy atom. The van der Waals surface area contributed by atoms with Crippen LogP contribution in [0.5, 0.6) is 17.4 Å². The number of hydrogen-bond donors (Lipinski definition) is 0. The number of benzene rings is 2. The Bertz CT molecular complexity index is 1180. The van der Waals surface area contributed by atoms with Crippen LogP contribution in [0, 0.1) is 5.82 Å². The zero-order valence-electron chi connectivity index (χ0n) is 19.2. The molecular formula is C26H27FN4O3. The molecule has 0 saturated carbocycles. The largest absolute Gasteiger partial charge is 0.497 e. The number of hydrogen-bond acceptors (Lipinski definition) is 6. The van der Waals surface area contributed by atoms with Crippen molar-refractivity contribution in [2.45, 2.75) is 32.2 Å². The van der Waals surface area contributed by atoms with E-state index in [2.05, 4.69) is 4.90 Å². The van der Waals surface area contributed by atoms with E-state index in [9.17, 15) is 9.18 Å². The average molecular weight is 463 g/mol. The van der Waals surface area contributed by atoms with Crippen LogP contribution < -0.4 is 14.4 Å². The zero-order chi connectivity index (χ0) is 23.5. The predicted octanol–water partition coefficient (Wildman–Crippen LogP) is 4.61. The molecule has 7 nitrogen and oxygen atoms in total. The summed E-state index contributed by atoms with van der Waals surface area (Å²) in [6, 6.07) is 13.0. The van der Waals surface area contributed by atoms with Crippen molar-refractivity contribution in [3.63, 3.8) is 0 Å². The van der Waals surface area contributed by atoms with Gasteiger partial charge < -0.3 is 19.3 Å². The van der Waals surface area contributed by atoms with Crippen LogP contribution in [-0.2, 0) is 13.0 Å². The van der Waals surface area contributed by atoms with E-state index >= 15 is 0 Å². The molecule has 0 aliphatic carbocycles. The van der Waals surface area contributed by atoms with E-state index in [0.29, 0.717) is 48.4 Å². The van der Waals surface area contributed by atoms with Gasteiger partial charge in [0.2, 0.25) is 11.8 Å². The minimum absolute atomic E-state index is 0.0858. The van der Waals surface area contributed by atoms with Crippen molar-refractivity contribution < 1.29 is 18.7 Å². The smallest absolute Gasteiger partial charge is 0.254 e. The summed E-state index contributed by atoms with van der Waals surface area (Å²) in [5, 5.41) is 0. The van der Waals surface area contributed by atoms with Gasteiger partial charge in [-0.2, -0.15) is 4.98 Å². The summed E-state index contributed by atoms with van der Waals surface area (Å²) in [6.07, 6.45) is 4.03. The van der Waals surface area contributed by atoms with Crippen LogP contribution >= 0.6 is 0 Å². The summed E-state index contributed by atoms with van der Waals surface area (Å²) in [4.78, 5) is 26.8. The average Bonchev–Trinajstić information content (AvgIpc) is 2.89. The lowest BCUT2D eigenvalue weighted by Crippen LogP contribution is -2.37. The highest BCUT2D eigenvalue weighted by Crippen LogP contribution is 2.32. The normalized spacial score (nSPS) is 15.6. The number of rotatable bonds is 5. The standard InChI is InChI=1S/C26H27FN4O3/c1-33-21-7-5-6-18(16-21)25(32)31-15-12-23-22(17-31)24(34-20-10-8-19(27)9-11-20)29-26(28-23)30-13-3-2-4-14-30/h5-11,16H,2-4,12-15,17H2,1H3. The van der Waals surface area contributed by atoms with E-state index < -0.39 is 0 Å². The number of ether oxygens (including phenoxy) is 2. The third-order valence-electron chi connectivity index (χ3n) is 6.28. The fourth-order valence-corrected chi connectivity index (χ4v) is 4.42. The molecule has 8 heteroatoms. The predicted molar refractivity (Wildman–Crippen MR) is 126 cm³/mol. The molecule has 0 bridgehead atoms. The minimum Gasteiger partial charge on any atom is -0.497 e. The molecule has 1 saturated heterocycles. The van der Waals surface area contributed by atoms with E-state index in [1.165, 1.54) is 18.6 Å².